The van der Waals surface area contributed by atoms with Crippen LogP contribution in [0.15, 0.2) is 141 Å². The number of hydrogen-bond donors (Lipinski definition) is 2. The third-order valence-electron chi connectivity index (χ3n) is 14.3. The van der Waals surface area contributed by atoms with E-state index in [-0.39, 0.29) is 51.1 Å². The molecule has 6 atom stereocenters. The van der Waals surface area contributed by atoms with Crippen LogP contribution in [0, 0.1) is 25.2 Å². The van der Waals surface area contributed by atoms with Gasteiger partial charge in [-0.25, -0.2) is 14.4 Å². The molecular formula is C63H67Cl3N4O13S. The number of amides is 2. The van der Waals surface area contributed by atoms with E-state index in [9.17, 15) is 14.9 Å². The van der Waals surface area contributed by atoms with Crippen LogP contribution in [0.5, 0.6) is 28.7 Å². The highest BCUT2D eigenvalue weighted by Gasteiger charge is 2.55. The number of ether oxygens (including phenoxy) is 10. The Bertz CT molecular complexity index is 3100. The molecule has 2 amide bonds. The number of aryl methyl sites for hydroxylation is 1. The van der Waals surface area contributed by atoms with Crippen LogP contribution in [-0.2, 0) is 39.6 Å². The van der Waals surface area contributed by atoms with E-state index < -0.39 is 82.0 Å². The smallest absolute Gasteiger partial charge is 0.408 e. The van der Waals surface area contributed by atoms with Crippen LogP contribution < -0.4 is 34.3 Å². The van der Waals surface area contributed by atoms with Crippen LogP contribution in [0.3, 0.4) is 0 Å². The normalized spacial score (nSPS) is 18.0. The van der Waals surface area contributed by atoms with E-state index in [2.05, 4.69) is 36.4 Å². The Morgan fingerprint density at radius 3 is 1.99 bits per heavy atom. The summed E-state index contributed by atoms with van der Waals surface area (Å²) in [4.78, 5) is 45.1. The Morgan fingerprint density at radius 1 is 0.810 bits per heavy atom. The van der Waals surface area contributed by atoms with Gasteiger partial charge in [-0.2, -0.15) is 5.26 Å². The van der Waals surface area contributed by atoms with Crippen LogP contribution >= 0.6 is 46.6 Å². The molecule has 17 nitrogen and oxygen atoms in total. The van der Waals surface area contributed by atoms with Gasteiger partial charge in [0, 0.05) is 22.4 Å². The molecule has 0 unspecified atom stereocenters. The molecule has 5 aromatic carbocycles. The summed E-state index contributed by atoms with van der Waals surface area (Å²) in [7, 11) is 1.53. The Hall–Kier alpha value is -7.08. The minimum Gasteiger partial charge on any atom is -0.493 e. The first-order valence-corrected chi connectivity index (χ1v) is 29.1. The van der Waals surface area contributed by atoms with Crippen molar-refractivity contribution in [3.05, 3.63) is 186 Å². The van der Waals surface area contributed by atoms with Crippen LogP contribution in [0.4, 0.5) is 9.59 Å². The highest BCUT2D eigenvalue weighted by Crippen LogP contribution is 2.58. The Morgan fingerprint density at radius 2 is 1.40 bits per heavy atom. The summed E-state index contributed by atoms with van der Waals surface area (Å²) >= 11 is 19.5. The number of benzene rings is 5. The standard InChI is InChI=1S/C63H67Cl3N4O13S/c1-9-27-75-50-32-41(30-39(4)53(50)74-8)31-45(68-59(72)77-29-11-3)47(33-67)70-48(51-52(56-49(70)35-82-61(6,7)83-56)54(76-28-10-2)40(5)55-57(51)81-38-80-55)34-78-58(71)46(69-60(73)79-37-62(64,65)66)36-84-63(42-21-15-12-16-22-42,43-23-17-13-18-24-43)44-25-19-14-20-26-44/h9-26,30,32,45-49,56H,1-3,27-29,31,34-38H2,4-8H3,(H,68,72)(H,69,73)/t45-,46-,47-,48-,49+,56-/m0/s1. The van der Waals surface area contributed by atoms with Crippen molar-refractivity contribution < 1.29 is 61.8 Å². The summed E-state index contributed by atoms with van der Waals surface area (Å²) < 4.78 is 58.8. The predicted molar refractivity (Wildman–Crippen MR) is 321 cm³/mol. The van der Waals surface area contributed by atoms with E-state index in [4.69, 9.17) is 82.2 Å². The SMILES string of the molecule is C=CCOC(=O)N[C@@H](Cc1cc(C)c(OC)c(OCC=C)c1)[C@H](C#N)N1[C@@H]2COC(C)(C)O[C@@H]2c2c(OCC=C)c(C)c3c(c2[C@@H]1COC(=O)[C@H](CSC(c1ccccc1)(c1ccccc1)c1ccccc1)NC(=O)OCC(Cl)(Cl)Cl)OCO3. The minimum absolute atomic E-state index is 0.0159. The van der Waals surface area contributed by atoms with Gasteiger partial charge in [0.1, 0.15) is 57.0 Å². The molecule has 0 aliphatic carbocycles. The van der Waals surface area contributed by atoms with E-state index in [1.807, 2.05) is 116 Å². The van der Waals surface area contributed by atoms with Gasteiger partial charge in [0.15, 0.2) is 28.8 Å². The topological polar surface area (TPSA) is 195 Å². The summed E-state index contributed by atoms with van der Waals surface area (Å²) in [6, 6.07) is 29.6. The lowest BCUT2D eigenvalue weighted by Gasteiger charge is -2.54. The zero-order valence-electron chi connectivity index (χ0n) is 47.2. The van der Waals surface area contributed by atoms with Crippen molar-refractivity contribution in [3.63, 3.8) is 0 Å². The molecule has 0 aromatic heterocycles. The minimum atomic E-state index is -1.98. The van der Waals surface area contributed by atoms with E-state index in [0.29, 0.717) is 50.8 Å². The van der Waals surface area contributed by atoms with Gasteiger partial charge in [0.25, 0.3) is 0 Å². The molecule has 0 radical (unpaired) electrons. The van der Waals surface area contributed by atoms with Crippen molar-refractivity contribution in [3.8, 4) is 34.8 Å². The largest absolute Gasteiger partial charge is 0.493 e. The molecule has 2 N–H and O–H groups in total. The number of nitriles is 1. The molecule has 0 bridgehead atoms. The van der Waals surface area contributed by atoms with Crippen molar-refractivity contribution in [1.82, 2.24) is 15.5 Å². The monoisotopic (exact) mass is 1220 g/mol. The molecule has 5 aromatic rings. The van der Waals surface area contributed by atoms with Crippen molar-refractivity contribution in [2.24, 2.45) is 0 Å². The number of esters is 1. The Balaban J connectivity index is 1.29. The number of hydrogen-bond acceptors (Lipinski definition) is 16. The number of methoxy groups -OCH3 is 1. The van der Waals surface area contributed by atoms with Crippen LogP contribution in [-0.4, -0.2) is 116 Å². The molecule has 3 aliphatic heterocycles. The third kappa shape index (κ3) is 14.3. The number of nitrogens with zero attached hydrogens (tertiary/aromatic N) is 2. The fourth-order valence-corrected chi connectivity index (χ4v) is 12.6. The van der Waals surface area contributed by atoms with Gasteiger partial charge in [-0.3, -0.25) is 4.90 Å². The second-order valence-corrected chi connectivity index (χ2v) is 24.0. The number of rotatable bonds is 25. The fraction of sp³-hybridized carbons (Fsp3) is 0.365. The predicted octanol–water partition coefficient (Wildman–Crippen LogP) is 11.9. The summed E-state index contributed by atoms with van der Waals surface area (Å²) in [5.41, 5.74) is 5.54. The number of carbonyl (C=O) groups is 3. The Kier molecular flexibility index (Phi) is 21.1. The lowest BCUT2D eigenvalue weighted by molar-refractivity contribution is -0.305. The molecule has 444 valence electrons. The quantitative estimate of drug-likeness (QED) is 0.0184. The van der Waals surface area contributed by atoms with Crippen molar-refractivity contribution in [2.75, 3.05) is 59.3 Å². The molecule has 0 saturated carbocycles. The first-order chi connectivity index (χ1) is 40.4. The fourth-order valence-electron chi connectivity index (χ4n) is 10.9. The maximum Gasteiger partial charge on any atom is 0.408 e. The van der Waals surface area contributed by atoms with E-state index >= 15 is 4.79 Å². The number of alkyl carbamates (subject to hydrolysis) is 2. The van der Waals surface area contributed by atoms with Crippen molar-refractivity contribution in [1.29, 1.82) is 5.26 Å². The van der Waals surface area contributed by atoms with Gasteiger partial charge in [-0.05, 0) is 68.0 Å². The highest BCUT2D eigenvalue weighted by atomic mass is 35.6. The third-order valence-corrected chi connectivity index (χ3v) is 16.2. The van der Waals surface area contributed by atoms with E-state index in [0.717, 1.165) is 16.7 Å². The first-order valence-electron chi connectivity index (χ1n) is 27.0. The number of halogens is 3. The van der Waals surface area contributed by atoms with Gasteiger partial charge in [0.2, 0.25) is 10.6 Å². The maximum atomic E-state index is 15.5. The molecule has 3 aliphatic rings. The average Bonchev–Trinajstić information content (AvgIpc) is 1.12. The Labute approximate surface area is 509 Å². The number of carbonyl (C=O) groups excluding carboxylic acids is 3. The molecule has 0 spiro atoms. The molecule has 3 heterocycles. The summed E-state index contributed by atoms with van der Waals surface area (Å²) in [6.45, 7) is 17.4. The zero-order valence-corrected chi connectivity index (χ0v) is 50.3. The zero-order chi connectivity index (χ0) is 60.2. The second-order valence-electron chi connectivity index (χ2n) is 20.3. The summed E-state index contributed by atoms with van der Waals surface area (Å²) in [5, 5.41) is 17.6. The van der Waals surface area contributed by atoms with E-state index in [1.54, 1.807) is 32.1 Å². The van der Waals surface area contributed by atoms with Gasteiger partial charge in [-0.15, -0.1) is 11.8 Å². The van der Waals surface area contributed by atoms with Gasteiger partial charge >= 0.3 is 18.2 Å². The maximum absolute atomic E-state index is 15.5. The number of alkyl halides is 3. The summed E-state index contributed by atoms with van der Waals surface area (Å²) in [5.74, 6) is -0.292. The number of thioether (sulfide) groups is 1. The first kappa shape index (κ1) is 63.0. The average molecular weight is 1230 g/mol. The van der Waals surface area contributed by atoms with Crippen molar-refractivity contribution >= 4 is 64.7 Å². The molecule has 84 heavy (non-hydrogen) atoms. The van der Waals surface area contributed by atoms with Gasteiger partial charge in [-0.1, -0.05) is 170 Å². The lowest BCUT2D eigenvalue weighted by atomic mass is 9.80. The van der Waals surface area contributed by atoms with E-state index in [1.165, 1.54) is 24.9 Å². The number of nitrogens with one attached hydrogen (secondary N) is 2. The molecule has 1 fully saturated rings. The molecule has 1 saturated heterocycles. The van der Waals surface area contributed by atoms with Crippen molar-refractivity contribution in [2.45, 2.75) is 84.8 Å². The molecule has 21 heteroatoms. The van der Waals surface area contributed by atoms with Crippen LogP contribution in [0.25, 0.3) is 0 Å². The van der Waals surface area contributed by atoms with Crippen LogP contribution in [0.1, 0.15) is 70.5 Å². The van der Waals surface area contributed by atoms with Gasteiger partial charge < -0.3 is 58.0 Å². The molecule has 8 rings (SSSR count). The lowest BCUT2D eigenvalue weighted by Crippen LogP contribution is -2.63. The number of fused-ring (bicyclic) bond motifs is 5. The molecular weight excluding hydrogens is 1160 g/mol. The summed E-state index contributed by atoms with van der Waals surface area (Å²) in [6.07, 6.45) is 1.80. The highest BCUT2D eigenvalue weighted by molar-refractivity contribution is 8.00. The van der Waals surface area contributed by atoms with Crippen LogP contribution in [0.2, 0.25) is 0 Å². The van der Waals surface area contributed by atoms with Gasteiger partial charge in [0.05, 0.1) is 42.7 Å². The second kappa shape index (κ2) is 28.2.